The fraction of sp³-hybridized carbons (Fsp3) is 0.333. The maximum absolute atomic E-state index is 11.7. The van der Waals surface area contributed by atoms with E-state index in [4.69, 9.17) is 10.2 Å². The molecule has 12 heavy (non-hydrogen) atoms. The van der Waals surface area contributed by atoms with E-state index in [1.807, 2.05) is 0 Å². The molecule has 68 valence electrons. The number of hydrogen-bond acceptors (Lipinski definition) is 3. The summed E-state index contributed by atoms with van der Waals surface area (Å²) in [6, 6.07) is 0. The number of allylic oxidation sites excluding steroid dienone is 1. The van der Waals surface area contributed by atoms with Crippen LogP contribution in [0.4, 0.5) is 8.78 Å². The van der Waals surface area contributed by atoms with Crippen LogP contribution in [0.3, 0.4) is 0 Å². The number of rotatable bonds is 3. The van der Waals surface area contributed by atoms with Gasteiger partial charge in [0.15, 0.2) is 5.76 Å². The number of hydrogen-bond donors (Lipinski definition) is 2. The molecular formula is C6H7F2NO3. The summed E-state index contributed by atoms with van der Waals surface area (Å²) in [4.78, 5) is 13.4. The lowest BCUT2D eigenvalue weighted by Gasteiger charge is -1.99. The van der Waals surface area contributed by atoms with Gasteiger partial charge in [-0.15, -0.1) is 0 Å². The first-order chi connectivity index (χ1) is 5.50. The van der Waals surface area contributed by atoms with E-state index in [0.29, 0.717) is 6.21 Å². The normalized spacial score (nSPS) is 13.7. The molecule has 4 nitrogen and oxygen atoms in total. The molecule has 0 fully saturated rings. The number of carboxylic acids is 1. The Labute approximate surface area is 66.9 Å². The summed E-state index contributed by atoms with van der Waals surface area (Å²) in [5.74, 6) is -3.12. The van der Waals surface area contributed by atoms with Crippen LogP contribution in [-0.4, -0.2) is 35.9 Å². The van der Waals surface area contributed by atoms with Crippen molar-refractivity contribution in [2.24, 2.45) is 4.99 Å². The van der Waals surface area contributed by atoms with Crippen LogP contribution < -0.4 is 0 Å². The molecule has 0 aromatic heterocycles. The Morgan fingerprint density at radius 2 is 2.00 bits per heavy atom. The van der Waals surface area contributed by atoms with Crippen LogP contribution in [0.2, 0.25) is 0 Å². The Morgan fingerprint density at radius 1 is 1.50 bits per heavy atom. The molecule has 0 aliphatic rings. The lowest BCUT2D eigenvalue weighted by molar-refractivity contribution is -0.132. The van der Waals surface area contributed by atoms with Crippen LogP contribution in [0, 0.1) is 0 Å². The van der Waals surface area contributed by atoms with Crippen molar-refractivity contribution >= 4 is 12.2 Å². The van der Waals surface area contributed by atoms with Gasteiger partial charge in [-0.05, 0) is 0 Å². The number of carboxylic acid groups (broad SMARTS) is 1. The molecule has 0 rings (SSSR count). The van der Waals surface area contributed by atoms with Gasteiger partial charge in [-0.3, -0.25) is 4.99 Å². The average molecular weight is 179 g/mol. The fourth-order valence-electron chi connectivity index (χ4n) is 0.478. The van der Waals surface area contributed by atoms with Crippen LogP contribution in [0.1, 0.15) is 0 Å². The fourth-order valence-corrected chi connectivity index (χ4v) is 0.478. The quantitative estimate of drug-likeness (QED) is 0.383. The van der Waals surface area contributed by atoms with Crippen molar-refractivity contribution < 1.29 is 23.8 Å². The van der Waals surface area contributed by atoms with Crippen molar-refractivity contribution in [2.75, 3.05) is 7.05 Å². The van der Waals surface area contributed by atoms with Gasteiger partial charge in [0.05, 0.1) is 0 Å². The summed E-state index contributed by atoms with van der Waals surface area (Å²) in [7, 11) is 1.21. The van der Waals surface area contributed by atoms with Crippen LogP contribution >= 0.6 is 0 Å². The average Bonchev–Trinajstić information content (AvgIpc) is 1.98. The highest BCUT2D eigenvalue weighted by Crippen LogP contribution is 2.09. The molecule has 0 aliphatic carbocycles. The van der Waals surface area contributed by atoms with Gasteiger partial charge in [-0.2, -0.15) is 0 Å². The lowest BCUT2D eigenvalue weighted by Crippen LogP contribution is -2.10. The van der Waals surface area contributed by atoms with Gasteiger partial charge in [0, 0.05) is 13.3 Å². The molecule has 0 amide bonds. The number of nitrogens with zero attached hydrogens (tertiary/aromatic N) is 1. The standard InChI is InChI=1S/C6H7F2NO3/c1-9-2-3(6(11)12)4(10)5(7)8/h2,5,10H,1H3,(H,11,12)/b4-3+,9-2?. The zero-order valence-electron chi connectivity index (χ0n) is 6.16. The minimum Gasteiger partial charge on any atom is -0.506 e. The second kappa shape index (κ2) is 4.42. The monoisotopic (exact) mass is 179 g/mol. The third kappa shape index (κ3) is 2.65. The Hall–Kier alpha value is -1.46. The van der Waals surface area contributed by atoms with E-state index in [1.54, 1.807) is 0 Å². The van der Waals surface area contributed by atoms with Gasteiger partial charge in [-0.1, -0.05) is 0 Å². The van der Waals surface area contributed by atoms with Crippen molar-refractivity contribution in [3.05, 3.63) is 11.3 Å². The van der Waals surface area contributed by atoms with E-state index in [0.717, 1.165) is 0 Å². The highest BCUT2D eigenvalue weighted by molar-refractivity contribution is 6.09. The van der Waals surface area contributed by atoms with Crippen LogP contribution in [0.25, 0.3) is 0 Å². The highest BCUT2D eigenvalue weighted by Gasteiger charge is 2.19. The largest absolute Gasteiger partial charge is 0.506 e. The number of carbonyl (C=O) groups is 1. The molecule has 0 aliphatic heterocycles. The zero-order valence-corrected chi connectivity index (χ0v) is 6.16. The predicted octanol–water partition coefficient (Wildman–Crippen LogP) is 0.849. The van der Waals surface area contributed by atoms with Gasteiger partial charge >= 0.3 is 5.97 Å². The van der Waals surface area contributed by atoms with Crippen LogP contribution in [-0.2, 0) is 4.79 Å². The Morgan fingerprint density at radius 3 is 2.25 bits per heavy atom. The van der Waals surface area contributed by atoms with E-state index in [1.165, 1.54) is 7.05 Å². The van der Waals surface area contributed by atoms with Crippen molar-refractivity contribution in [3.8, 4) is 0 Å². The van der Waals surface area contributed by atoms with Crippen LogP contribution in [0.15, 0.2) is 16.3 Å². The Kier molecular flexibility index (Phi) is 3.89. The maximum atomic E-state index is 11.7. The molecule has 0 radical (unpaired) electrons. The van der Waals surface area contributed by atoms with E-state index in [2.05, 4.69) is 4.99 Å². The minimum absolute atomic E-state index is 0.657. The second-order valence-electron chi connectivity index (χ2n) is 1.79. The number of aliphatic hydroxyl groups is 1. The number of alkyl halides is 2. The zero-order chi connectivity index (χ0) is 9.72. The molecule has 0 unspecified atom stereocenters. The first-order valence-corrected chi connectivity index (χ1v) is 2.87. The molecule has 0 spiro atoms. The van der Waals surface area contributed by atoms with Crippen molar-refractivity contribution in [2.45, 2.75) is 6.43 Å². The molecule has 0 atom stereocenters. The van der Waals surface area contributed by atoms with Crippen LogP contribution in [0.5, 0.6) is 0 Å². The molecule has 0 saturated carbocycles. The second-order valence-corrected chi connectivity index (χ2v) is 1.79. The van der Waals surface area contributed by atoms with E-state index < -0.39 is 23.7 Å². The maximum Gasteiger partial charge on any atom is 0.340 e. The van der Waals surface area contributed by atoms with Gasteiger partial charge in [0.25, 0.3) is 6.43 Å². The first-order valence-electron chi connectivity index (χ1n) is 2.87. The predicted molar refractivity (Wildman–Crippen MR) is 37.7 cm³/mol. The number of aliphatic hydroxyl groups excluding tert-OH is 1. The van der Waals surface area contributed by atoms with Gasteiger partial charge < -0.3 is 10.2 Å². The number of aliphatic imine (C=N–C) groups is 1. The van der Waals surface area contributed by atoms with Crippen molar-refractivity contribution in [3.63, 3.8) is 0 Å². The van der Waals surface area contributed by atoms with E-state index in [-0.39, 0.29) is 0 Å². The summed E-state index contributed by atoms with van der Waals surface area (Å²) in [5, 5.41) is 16.8. The summed E-state index contributed by atoms with van der Waals surface area (Å²) in [5.41, 5.74) is -0.896. The molecule has 6 heteroatoms. The number of halogens is 2. The summed E-state index contributed by atoms with van der Waals surface area (Å²) >= 11 is 0. The molecule has 0 aromatic rings. The third-order valence-corrected chi connectivity index (χ3v) is 0.971. The Bertz CT molecular complexity index is 235. The van der Waals surface area contributed by atoms with Gasteiger partial charge in [0.1, 0.15) is 5.57 Å². The molecule has 0 heterocycles. The smallest absolute Gasteiger partial charge is 0.340 e. The molecule has 0 saturated heterocycles. The van der Waals surface area contributed by atoms with Gasteiger partial charge in [0.2, 0.25) is 0 Å². The topological polar surface area (TPSA) is 69.9 Å². The first kappa shape index (κ1) is 10.5. The molecule has 2 N–H and O–H groups in total. The molecule has 0 bridgehead atoms. The number of aliphatic carboxylic acids is 1. The SMILES string of the molecule is CN=C/C(C(=O)O)=C(\O)C(F)F. The van der Waals surface area contributed by atoms with Gasteiger partial charge in [-0.25, -0.2) is 13.6 Å². The summed E-state index contributed by atoms with van der Waals surface area (Å²) in [6.07, 6.45) is -2.54. The summed E-state index contributed by atoms with van der Waals surface area (Å²) in [6.45, 7) is 0. The highest BCUT2D eigenvalue weighted by atomic mass is 19.3. The Balaban J connectivity index is 4.93. The minimum atomic E-state index is -3.20. The van der Waals surface area contributed by atoms with E-state index in [9.17, 15) is 13.6 Å². The van der Waals surface area contributed by atoms with Crippen molar-refractivity contribution in [1.82, 2.24) is 0 Å². The van der Waals surface area contributed by atoms with Crippen molar-refractivity contribution in [1.29, 1.82) is 0 Å². The molecular weight excluding hydrogens is 172 g/mol. The third-order valence-electron chi connectivity index (χ3n) is 0.971. The van der Waals surface area contributed by atoms with E-state index >= 15 is 0 Å². The lowest BCUT2D eigenvalue weighted by atomic mass is 10.2. The summed E-state index contributed by atoms with van der Waals surface area (Å²) < 4.78 is 23.5. The molecule has 0 aromatic carbocycles.